The van der Waals surface area contributed by atoms with Gasteiger partial charge in [-0.2, -0.15) is 0 Å². The van der Waals surface area contributed by atoms with Gasteiger partial charge in [-0.3, -0.25) is 0 Å². The van der Waals surface area contributed by atoms with Crippen molar-refractivity contribution in [3.05, 3.63) is 54.6 Å². The molecule has 2 aromatic rings. The number of benzene rings is 2. The molecule has 0 bridgehead atoms. The Bertz CT molecular complexity index is 514. The van der Waals surface area contributed by atoms with Crippen molar-refractivity contribution in [3.63, 3.8) is 0 Å². The summed E-state index contributed by atoms with van der Waals surface area (Å²) in [6.07, 6.45) is -0.558. The second-order valence-electron chi connectivity index (χ2n) is 4.75. The third kappa shape index (κ3) is 4.17. The molecule has 0 aromatic heterocycles. The number of nitrogens with two attached hydrogens (primary N) is 1. The third-order valence-electron chi connectivity index (χ3n) is 3.00. The summed E-state index contributed by atoms with van der Waals surface area (Å²) in [7, 11) is 1.95. The molecule has 0 aliphatic carbocycles. The maximum atomic E-state index is 10.0. The molecule has 0 saturated carbocycles. The predicted molar refractivity (Wildman–Crippen MR) is 82.1 cm³/mol. The fraction of sp³-hybridized carbons (Fsp3) is 0.250. The minimum Gasteiger partial charge on any atom is -0.491 e. The van der Waals surface area contributed by atoms with E-state index in [1.807, 2.05) is 42.3 Å². The van der Waals surface area contributed by atoms with Crippen LogP contribution in [0, 0.1) is 0 Å². The smallest absolute Gasteiger partial charge is 0.119 e. The molecule has 0 fully saturated rings. The quantitative estimate of drug-likeness (QED) is 0.791. The lowest BCUT2D eigenvalue weighted by atomic mass is 10.2. The van der Waals surface area contributed by atoms with Crippen molar-refractivity contribution < 1.29 is 9.84 Å². The molecule has 2 rings (SSSR count). The van der Waals surface area contributed by atoms with Gasteiger partial charge in [0.15, 0.2) is 0 Å². The first kappa shape index (κ1) is 14.2. The first-order valence-electron chi connectivity index (χ1n) is 6.58. The van der Waals surface area contributed by atoms with Gasteiger partial charge in [0.05, 0.1) is 0 Å². The molecular formula is C16H20N2O2. The molecule has 1 atom stereocenters. The van der Waals surface area contributed by atoms with E-state index in [2.05, 4.69) is 0 Å². The van der Waals surface area contributed by atoms with Crippen LogP contribution in [0.1, 0.15) is 0 Å². The Labute approximate surface area is 119 Å². The van der Waals surface area contributed by atoms with Crippen LogP contribution in [0.15, 0.2) is 54.6 Å². The lowest BCUT2D eigenvalue weighted by Gasteiger charge is -2.22. The second-order valence-corrected chi connectivity index (χ2v) is 4.75. The van der Waals surface area contributed by atoms with Crippen LogP contribution in [-0.2, 0) is 0 Å². The summed E-state index contributed by atoms with van der Waals surface area (Å²) in [6.45, 7) is 0.764. The van der Waals surface area contributed by atoms with Gasteiger partial charge >= 0.3 is 0 Å². The van der Waals surface area contributed by atoms with Crippen LogP contribution in [-0.4, -0.2) is 31.4 Å². The number of aliphatic hydroxyl groups excluding tert-OH is 1. The van der Waals surface area contributed by atoms with E-state index in [-0.39, 0.29) is 6.61 Å². The van der Waals surface area contributed by atoms with E-state index in [0.717, 1.165) is 5.69 Å². The van der Waals surface area contributed by atoms with Gasteiger partial charge in [-0.1, -0.05) is 18.2 Å². The van der Waals surface area contributed by atoms with E-state index in [0.29, 0.717) is 18.0 Å². The highest BCUT2D eigenvalue weighted by atomic mass is 16.5. The monoisotopic (exact) mass is 272 g/mol. The molecule has 0 saturated heterocycles. The van der Waals surface area contributed by atoms with Crippen LogP contribution in [0.25, 0.3) is 0 Å². The van der Waals surface area contributed by atoms with Gasteiger partial charge in [-0.15, -0.1) is 0 Å². The maximum Gasteiger partial charge on any atom is 0.119 e. The molecule has 4 heteroatoms. The van der Waals surface area contributed by atoms with Crippen molar-refractivity contribution >= 4 is 11.4 Å². The molecule has 0 heterocycles. The van der Waals surface area contributed by atoms with Crippen LogP contribution in [0.2, 0.25) is 0 Å². The van der Waals surface area contributed by atoms with Crippen molar-refractivity contribution in [2.75, 3.05) is 30.8 Å². The van der Waals surface area contributed by atoms with Gasteiger partial charge in [0.25, 0.3) is 0 Å². The molecule has 4 nitrogen and oxygen atoms in total. The number of hydrogen-bond donors (Lipinski definition) is 2. The van der Waals surface area contributed by atoms with Crippen LogP contribution in [0.4, 0.5) is 11.4 Å². The van der Waals surface area contributed by atoms with E-state index < -0.39 is 6.10 Å². The van der Waals surface area contributed by atoms with E-state index in [4.69, 9.17) is 10.5 Å². The summed E-state index contributed by atoms with van der Waals surface area (Å²) >= 11 is 0. The Morgan fingerprint density at radius 3 is 2.40 bits per heavy atom. The summed E-state index contributed by atoms with van der Waals surface area (Å²) < 4.78 is 5.53. The summed E-state index contributed by atoms with van der Waals surface area (Å²) in [5, 5.41) is 10.0. The molecule has 0 radical (unpaired) electrons. The number of rotatable bonds is 6. The van der Waals surface area contributed by atoms with Gasteiger partial charge in [0, 0.05) is 25.0 Å². The molecule has 3 N–H and O–H groups in total. The standard InChI is InChI=1S/C16H20N2O2/c1-18(14-5-3-2-4-6-14)11-15(19)12-20-16-9-7-13(17)8-10-16/h2-10,15,19H,11-12,17H2,1H3. The zero-order valence-electron chi connectivity index (χ0n) is 11.6. The largest absolute Gasteiger partial charge is 0.491 e. The Hall–Kier alpha value is -2.20. The zero-order valence-corrected chi connectivity index (χ0v) is 11.6. The Morgan fingerprint density at radius 2 is 1.75 bits per heavy atom. The average molecular weight is 272 g/mol. The third-order valence-corrected chi connectivity index (χ3v) is 3.00. The van der Waals surface area contributed by atoms with E-state index in [1.54, 1.807) is 24.3 Å². The van der Waals surface area contributed by atoms with E-state index >= 15 is 0 Å². The van der Waals surface area contributed by atoms with Gasteiger partial charge in [0.2, 0.25) is 0 Å². The van der Waals surface area contributed by atoms with Gasteiger partial charge in [-0.25, -0.2) is 0 Å². The Kier molecular flexibility index (Phi) is 4.85. The van der Waals surface area contributed by atoms with Gasteiger partial charge in [-0.05, 0) is 36.4 Å². The lowest BCUT2D eigenvalue weighted by Crippen LogP contribution is -2.33. The molecule has 0 aliphatic heterocycles. The van der Waals surface area contributed by atoms with E-state index in [9.17, 15) is 5.11 Å². The number of hydrogen-bond acceptors (Lipinski definition) is 4. The Morgan fingerprint density at radius 1 is 1.10 bits per heavy atom. The number of ether oxygens (including phenoxy) is 1. The van der Waals surface area contributed by atoms with Crippen LogP contribution < -0.4 is 15.4 Å². The maximum absolute atomic E-state index is 10.0. The number of nitrogens with zero attached hydrogens (tertiary/aromatic N) is 1. The highest BCUT2D eigenvalue weighted by Gasteiger charge is 2.09. The van der Waals surface area contributed by atoms with Crippen LogP contribution in [0.3, 0.4) is 0 Å². The van der Waals surface area contributed by atoms with Crippen molar-refractivity contribution in [2.24, 2.45) is 0 Å². The summed E-state index contributed by atoms with van der Waals surface area (Å²) in [4.78, 5) is 2.00. The van der Waals surface area contributed by atoms with Crippen molar-refractivity contribution in [3.8, 4) is 5.75 Å². The summed E-state index contributed by atoms with van der Waals surface area (Å²) in [5.41, 5.74) is 7.37. The minimum absolute atomic E-state index is 0.251. The van der Waals surface area contributed by atoms with E-state index in [1.165, 1.54) is 0 Å². The highest BCUT2D eigenvalue weighted by Crippen LogP contribution is 2.14. The molecule has 2 aromatic carbocycles. The molecule has 0 aliphatic rings. The van der Waals surface area contributed by atoms with Gasteiger partial charge in [0.1, 0.15) is 18.5 Å². The van der Waals surface area contributed by atoms with Gasteiger partial charge < -0.3 is 20.5 Å². The zero-order chi connectivity index (χ0) is 14.4. The number of aliphatic hydroxyl groups is 1. The van der Waals surface area contributed by atoms with Crippen LogP contribution >= 0.6 is 0 Å². The highest BCUT2D eigenvalue weighted by molar-refractivity contribution is 5.45. The number of anilines is 2. The molecule has 20 heavy (non-hydrogen) atoms. The van der Waals surface area contributed by atoms with Crippen molar-refractivity contribution in [1.29, 1.82) is 0 Å². The summed E-state index contributed by atoms with van der Waals surface area (Å²) in [6, 6.07) is 17.1. The predicted octanol–water partition coefficient (Wildman–Crippen LogP) is 2.14. The van der Waals surface area contributed by atoms with Crippen molar-refractivity contribution in [1.82, 2.24) is 0 Å². The number of para-hydroxylation sites is 1. The SMILES string of the molecule is CN(CC(O)COc1ccc(N)cc1)c1ccccc1. The summed E-state index contributed by atoms with van der Waals surface area (Å²) in [5.74, 6) is 0.709. The number of likely N-dealkylation sites (N-methyl/N-ethyl adjacent to an activating group) is 1. The molecule has 0 amide bonds. The van der Waals surface area contributed by atoms with Crippen molar-refractivity contribution in [2.45, 2.75) is 6.10 Å². The number of nitrogen functional groups attached to an aromatic ring is 1. The topological polar surface area (TPSA) is 58.7 Å². The average Bonchev–Trinajstić information content (AvgIpc) is 2.47. The van der Waals surface area contributed by atoms with Crippen LogP contribution in [0.5, 0.6) is 5.75 Å². The normalized spacial score (nSPS) is 11.9. The fourth-order valence-corrected chi connectivity index (χ4v) is 1.91. The molecule has 0 spiro atoms. The Balaban J connectivity index is 1.80. The lowest BCUT2D eigenvalue weighted by molar-refractivity contribution is 0.113. The molecule has 106 valence electrons. The second kappa shape index (κ2) is 6.82. The molecule has 1 unspecified atom stereocenters. The first-order chi connectivity index (χ1) is 9.65. The fourth-order valence-electron chi connectivity index (χ4n) is 1.91. The first-order valence-corrected chi connectivity index (χ1v) is 6.58. The minimum atomic E-state index is -0.558. The molecular weight excluding hydrogens is 252 g/mol.